The van der Waals surface area contributed by atoms with E-state index in [2.05, 4.69) is 16.9 Å². The summed E-state index contributed by atoms with van der Waals surface area (Å²) in [5.41, 5.74) is 2.28. The summed E-state index contributed by atoms with van der Waals surface area (Å²) in [5.74, 6) is 0. The third kappa shape index (κ3) is 4.21. The molecule has 1 aromatic carbocycles. The zero-order chi connectivity index (χ0) is 10.1. The van der Waals surface area contributed by atoms with E-state index in [4.69, 9.17) is 0 Å². The Bertz CT molecular complexity index is 277. The summed E-state index contributed by atoms with van der Waals surface area (Å²) in [4.78, 5) is 0. The Morgan fingerprint density at radius 2 is 1.85 bits per heavy atom. The first-order valence-electron chi connectivity index (χ1n) is 4.39. The molecule has 1 aromatic rings. The maximum absolute atomic E-state index is 3.69. The van der Waals surface area contributed by atoms with Crippen LogP contribution in [0.15, 0.2) is 34.5 Å². The van der Waals surface area contributed by atoms with E-state index in [0.29, 0.717) is 0 Å². The van der Waals surface area contributed by atoms with Crippen LogP contribution in [-0.4, -0.2) is 12.9 Å². The number of rotatable bonds is 2. The van der Waals surface area contributed by atoms with Crippen LogP contribution in [0.1, 0.15) is 25.0 Å². The van der Waals surface area contributed by atoms with E-state index in [9.17, 15) is 0 Å². The second kappa shape index (κ2) is 7.22. The smallest absolute Gasteiger partial charge is 0.0570 e. The Morgan fingerprint density at radius 3 is 2.38 bits per heavy atom. The zero-order valence-electron chi connectivity index (χ0n) is 8.49. The van der Waals surface area contributed by atoms with E-state index >= 15 is 0 Å². The molecule has 0 amide bonds. The van der Waals surface area contributed by atoms with Gasteiger partial charge in [-0.3, -0.25) is 0 Å². The minimum absolute atomic E-state index is 1.08. The van der Waals surface area contributed by atoms with Crippen LogP contribution >= 0.6 is 0 Å². The molecule has 0 unspecified atom stereocenters. The Hall–Kier alpha value is -1.44. The molecule has 0 fully saturated rings. The first-order valence-corrected chi connectivity index (χ1v) is 4.39. The highest BCUT2D eigenvalue weighted by molar-refractivity contribution is 5.81. The Labute approximate surface area is 80.0 Å². The fourth-order valence-electron chi connectivity index (χ4n) is 0.835. The van der Waals surface area contributed by atoms with E-state index in [-0.39, 0.29) is 0 Å². The molecule has 70 valence electrons. The van der Waals surface area contributed by atoms with E-state index in [0.717, 1.165) is 5.56 Å². The van der Waals surface area contributed by atoms with Gasteiger partial charge in [0.25, 0.3) is 0 Å². The Kier molecular flexibility index (Phi) is 6.42. The number of hydrogen-bond donors (Lipinski definition) is 0. The molecule has 0 aromatic heterocycles. The van der Waals surface area contributed by atoms with Crippen LogP contribution < -0.4 is 0 Å². The molecule has 2 heteroatoms. The molecule has 0 aliphatic heterocycles. The summed E-state index contributed by atoms with van der Waals surface area (Å²) in [6.07, 6.45) is 1.70. The summed E-state index contributed by atoms with van der Waals surface area (Å²) in [5, 5.41) is 7.08. The number of aryl methyl sites for hydroxylation is 1. The van der Waals surface area contributed by atoms with Crippen molar-refractivity contribution in [2.24, 2.45) is 10.2 Å². The van der Waals surface area contributed by atoms with Crippen LogP contribution in [0, 0.1) is 6.92 Å². The summed E-state index contributed by atoms with van der Waals surface area (Å²) in [6, 6.07) is 7.99. The van der Waals surface area contributed by atoms with Crippen LogP contribution in [0.3, 0.4) is 0 Å². The summed E-state index contributed by atoms with van der Waals surface area (Å²) in [7, 11) is 0. The molecular formula is C11H16N2. The topological polar surface area (TPSA) is 24.7 Å². The van der Waals surface area contributed by atoms with Crippen molar-refractivity contribution in [1.82, 2.24) is 0 Å². The predicted molar refractivity (Wildman–Crippen MR) is 59.7 cm³/mol. The fraction of sp³-hybridized carbons (Fsp3) is 0.273. The van der Waals surface area contributed by atoms with Crippen molar-refractivity contribution < 1.29 is 0 Å². The van der Waals surface area contributed by atoms with Crippen LogP contribution in [0.4, 0.5) is 0 Å². The van der Waals surface area contributed by atoms with Gasteiger partial charge in [0, 0.05) is 6.72 Å². The molecular weight excluding hydrogens is 160 g/mol. The summed E-state index contributed by atoms with van der Waals surface area (Å²) >= 11 is 0. The lowest BCUT2D eigenvalue weighted by molar-refractivity contribution is 1.27. The van der Waals surface area contributed by atoms with Crippen molar-refractivity contribution in [3.63, 3.8) is 0 Å². The number of benzene rings is 1. The molecule has 0 aliphatic rings. The van der Waals surface area contributed by atoms with Gasteiger partial charge in [-0.1, -0.05) is 38.1 Å². The van der Waals surface area contributed by atoms with Crippen LogP contribution in [0.2, 0.25) is 0 Å². The van der Waals surface area contributed by atoms with Gasteiger partial charge >= 0.3 is 0 Å². The van der Waals surface area contributed by atoms with Crippen molar-refractivity contribution in [1.29, 1.82) is 0 Å². The van der Waals surface area contributed by atoms with Crippen molar-refractivity contribution in [3.8, 4) is 0 Å². The molecule has 0 aliphatic carbocycles. The summed E-state index contributed by atoms with van der Waals surface area (Å²) in [6.45, 7) is 9.29. The molecule has 2 nitrogen and oxygen atoms in total. The second-order valence-corrected chi connectivity index (χ2v) is 2.24. The molecule has 1 rings (SSSR count). The standard InChI is InChI=1S/C9H10N2.C2H6/c1-8-5-3-4-6-9(8)7-11-10-2;1-2/h3-7H,2H2,1H3;1-2H3/b11-7-;. The monoisotopic (exact) mass is 176 g/mol. The van der Waals surface area contributed by atoms with Crippen molar-refractivity contribution in [3.05, 3.63) is 35.4 Å². The minimum Gasteiger partial charge on any atom is -0.167 e. The van der Waals surface area contributed by atoms with Gasteiger partial charge in [0.1, 0.15) is 0 Å². The van der Waals surface area contributed by atoms with Gasteiger partial charge in [0.05, 0.1) is 6.21 Å². The van der Waals surface area contributed by atoms with E-state index in [1.54, 1.807) is 6.21 Å². The largest absolute Gasteiger partial charge is 0.167 e. The highest BCUT2D eigenvalue weighted by atomic mass is 15.2. The number of hydrogen-bond acceptors (Lipinski definition) is 2. The van der Waals surface area contributed by atoms with E-state index in [1.807, 2.05) is 45.0 Å². The maximum atomic E-state index is 3.69. The van der Waals surface area contributed by atoms with Crippen LogP contribution in [0.25, 0.3) is 0 Å². The van der Waals surface area contributed by atoms with Crippen molar-refractivity contribution >= 4 is 12.9 Å². The van der Waals surface area contributed by atoms with Crippen molar-refractivity contribution in [2.45, 2.75) is 20.8 Å². The Balaban J connectivity index is 0.000000671. The average Bonchev–Trinajstić information content (AvgIpc) is 2.20. The van der Waals surface area contributed by atoms with Crippen LogP contribution in [0.5, 0.6) is 0 Å². The van der Waals surface area contributed by atoms with Gasteiger partial charge in [-0.05, 0) is 18.1 Å². The zero-order valence-corrected chi connectivity index (χ0v) is 8.49. The molecule has 0 spiro atoms. The molecule has 0 N–H and O–H groups in total. The maximum Gasteiger partial charge on any atom is 0.0570 e. The molecule has 13 heavy (non-hydrogen) atoms. The van der Waals surface area contributed by atoms with E-state index < -0.39 is 0 Å². The van der Waals surface area contributed by atoms with E-state index in [1.165, 1.54) is 5.56 Å². The van der Waals surface area contributed by atoms with Gasteiger partial charge in [0.2, 0.25) is 0 Å². The van der Waals surface area contributed by atoms with Crippen LogP contribution in [-0.2, 0) is 0 Å². The van der Waals surface area contributed by atoms with Crippen molar-refractivity contribution in [2.75, 3.05) is 0 Å². The highest BCUT2D eigenvalue weighted by Crippen LogP contribution is 2.03. The quantitative estimate of drug-likeness (QED) is 0.488. The Morgan fingerprint density at radius 1 is 1.23 bits per heavy atom. The normalized spacial score (nSPS) is 9.15. The van der Waals surface area contributed by atoms with Gasteiger partial charge < -0.3 is 0 Å². The molecule has 0 saturated carbocycles. The SMILES string of the molecule is C=N/N=C\c1ccccc1C.CC. The molecule has 0 atom stereocenters. The lowest BCUT2D eigenvalue weighted by Gasteiger charge is -1.95. The lowest BCUT2D eigenvalue weighted by atomic mass is 10.1. The van der Waals surface area contributed by atoms with Gasteiger partial charge in [-0.25, -0.2) is 0 Å². The molecule has 0 bridgehead atoms. The molecule has 0 saturated heterocycles. The third-order valence-electron chi connectivity index (χ3n) is 1.47. The fourth-order valence-corrected chi connectivity index (χ4v) is 0.835. The average molecular weight is 176 g/mol. The second-order valence-electron chi connectivity index (χ2n) is 2.24. The highest BCUT2D eigenvalue weighted by Gasteiger charge is 1.89. The van der Waals surface area contributed by atoms with Gasteiger partial charge in [0.15, 0.2) is 0 Å². The minimum atomic E-state index is 1.08. The summed E-state index contributed by atoms with van der Waals surface area (Å²) < 4.78 is 0. The van der Waals surface area contributed by atoms with Gasteiger partial charge in [-0.15, -0.1) is 0 Å². The molecule has 0 heterocycles. The lowest BCUT2D eigenvalue weighted by Crippen LogP contribution is -1.83. The molecule has 0 radical (unpaired) electrons. The predicted octanol–water partition coefficient (Wildman–Crippen LogP) is 3.06. The number of nitrogens with zero attached hydrogens (tertiary/aromatic N) is 2. The van der Waals surface area contributed by atoms with Gasteiger partial charge in [-0.2, -0.15) is 10.2 Å². The first-order chi connectivity index (χ1) is 6.34. The first kappa shape index (κ1) is 11.6. The third-order valence-corrected chi connectivity index (χ3v) is 1.47.